The van der Waals surface area contributed by atoms with Crippen LogP contribution in [0.3, 0.4) is 0 Å². The van der Waals surface area contributed by atoms with E-state index in [4.69, 9.17) is 23.2 Å². The van der Waals surface area contributed by atoms with Gasteiger partial charge < -0.3 is 4.74 Å². The maximum atomic E-state index is 11.0. The maximum Gasteiger partial charge on any atom is 0.349 e. The second-order valence-electron chi connectivity index (χ2n) is 4.14. The molecule has 0 N–H and O–H groups in total. The quantitative estimate of drug-likeness (QED) is 0.439. The van der Waals surface area contributed by atoms with E-state index in [2.05, 4.69) is 4.74 Å². The van der Waals surface area contributed by atoms with Crippen molar-refractivity contribution in [1.29, 1.82) is 0 Å². The van der Waals surface area contributed by atoms with Crippen LogP contribution in [0.1, 0.15) is 13.8 Å². The summed E-state index contributed by atoms with van der Waals surface area (Å²) < 4.78 is 4.45. The molecule has 1 saturated carbocycles. The Labute approximate surface area is 98.4 Å². The van der Waals surface area contributed by atoms with E-state index in [9.17, 15) is 9.59 Å². The average Bonchev–Trinajstić information content (AvgIpc) is 2.66. The fourth-order valence-corrected chi connectivity index (χ4v) is 2.38. The van der Waals surface area contributed by atoms with Gasteiger partial charge in [0.05, 0.1) is 7.11 Å². The molecule has 0 aliphatic heterocycles. The maximum absolute atomic E-state index is 11.0. The normalized spacial score (nSPS) is 28.5. The van der Waals surface area contributed by atoms with E-state index in [0.29, 0.717) is 0 Å². The molecule has 1 fully saturated rings. The molecule has 0 heterocycles. The second kappa shape index (κ2) is 4.14. The minimum Gasteiger partial charge on any atom is -0.465 e. The number of hydrogen-bond donors (Lipinski definition) is 0. The van der Waals surface area contributed by atoms with Gasteiger partial charge in [-0.15, -0.1) is 0 Å². The molecule has 0 aromatic carbocycles. The van der Waals surface area contributed by atoms with Crippen LogP contribution in [0.5, 0.6) is 0 Å². The molecule has 15 heavy (non-hydrogen) atoms. The van der Waals surface area contributed by atoms with E-state index < -0.39 is 11.2 Å². The number of methoxy groups -OCH3 is 1. The van der Waals surface area contributed by atoms with Crippen molar-refractivity contribution in [3.05, 3.63) is 11.1 Å². The molecular weight excluding hydrogens is 239 g/mol. The van der Waals surface area contributed by atoms with Gasteiger partial charge in [0.25, 0.3) is 0 Å². The SMILES string of the molecule is COC(=O)/C(Cl)=C/[C@H]1[C@@H](C(=O)Cl)C1(C)C. The van der Waals surface area contributed by atoms with Crippen molar-refractivity contribution in [2.45, 2.75) is 13.8 Å². The Morgan fingerprint density at radius 3 is 2.20 bits per heavy atom. The van der Waals surface area contributed by atoms with Crippen molar-refractivity contribution in [3.63, 3.8) is 0 Å². The standard InChI is InChI=1S/C10H12Cl2O3/c1-10(2)5(7(10)8(12)13)4-6(11)9(14)15-3/h4-5,7H,1-3H3/b6-4-/t5-,7-/m0/s1. The third-order valence-electron chi connectivity index (χ3n) is 2.86. The molecule has 0 radical (unpaired) electrons. The highest BCUT2D eigenvalue weighted by molar-refractivity contribution is 6.64. The zero-order chi connectivity index (χ0) is 11.8. The zero-order valence-corrected chi connectivity index (χ0v) is 10.2. The van der Waals surface area contributed by atoms with Gasteiger partial charge in [0.2, 0.25) is 5.24 Å². The van der Waals surface area contributed by atoms with E-state index in [1.807, 2.05) is 13.8 Å². The second-order valence-corrected chi connectivity index (χ2v) is 4.91. The summed E-state index contributed by atoms with van der Waals surface area (Å²) in [5, 5.41) is -0.397. The van der Waals surface area contributed by atoms with Gasteiger partial charge in [0.15, 0.2) is 0 Å². The monoisotopic (exact) mass is 250 g/mol. The Bertz CT molecular complexity index is 334. The summed E-state index contributed by atoms with van der Waals surface area (Å²) in [6.07, 6.45) is 1.54. The van der Waals surface area contributed by atoms with Gasteiger partial charge >= 0.3 is 5.97 Å². The van der Waals surface area contributed by atoms with Gasteiger partial charge in [0, 0.05) is 5.92 Å². The topological polar surface area (TPSA) is 43.4 Å². The first-order valence-electron chi connectivity index (χ1n) is 4.47. The van der Waals surface area contributed by atoms with Crippen LogP contribution in [-0.2, 0) is 14.3 Å². The van der Waals surface area contributed by atoms with Crippen LogP contribution in [-0.4, -0.2) is 18.3 Å². The molecule has 0 aromatic rings. The lowest BCUT2D eigenvalue weighted by Crippen LogP contribution is -2.00. The Balaban J connectivity index is 2.78. The van der Waals surface area contributed by atoms with Crippen molar-refractivity contribution in [2.24, 2.45) is 17.3 Å². The number of allylic oxidation sites excluding steroid dienone is 1. The molecule has 0 aromatic heterocycles. The van der Waals surface area contributed by atoms with Gasteiger partial charge in [-0.3, -0.25) is 4.79 Å². The number of halogens is 2. The van der Waals surface area contributed by atoms with Crippen molar-refractivity contribution >= 4 is 34.4 Å². The molecule has 84 valence electrons. The largest absolute Gasteiger partial charge is 0.465 e. The average molecular weight is 251 g/mol. The summed E-state index contributed by atoms with van der Waals surface area (Å²) in [6, 6.07) is 0. The van der Waals surface area contributed by atoms with Gasteiger partial charge in [-0.05, 0) is 22.9 Å². The van der Waals surface area contributed by atoms with Crippen LogP contribution < -0.4 is 0 Å². The molecule has 1 rings (SSSR count). The Hall–Kier alpha value is -0.540. The first-order chi connectivity index (χ1) is 6.82. The highest BCUT2D eigenvalue weighted by Gasteiger charge is 2.60. The predicted molar refractivity (Wildman–Crippen MR) is 57.6 cm³/mol. The van der Waals surface area contributed by atoms with Crippen LogP contribution in [0.2, 0.25) is 0 Å². The summed E-state index contributed by atoms with van der Waals surface area (Å²) in [5.41, 5.74) is -0.229. The lowest BCUT2D eigenvalue weighted by Gasteiger charge is -1.98. The number of carbonyl (C=O) groups excluding carboxylic acids is 2. The lowest BCUT2D eigenvalue weighted by molar-refractivity contribution is -0.135. The Morgan fingerprint density at radius 2 is 1.87 bits per heavy atom. The zero-order valence-electron chi connectivity index (χ0n) is 8.71. The Morgan fingerprint density at radius 1 is 1.33 bits per heavy atom. The summed E-state index contributed by atoms with van der Waals surface area (Å²) in [7, 11) is 1.25. The third-order valence-corrected chi connectivity index (χ3v) is 3.38. The molecule has 0 amide bonds. The number of rotatable bonds is 3. The molecule has 3 nitrogen and oxygen atoms in total. The van der Waals surface area contributed by atoms with E-state index in [-0.39, 0.29) is 22.3 Å². The van der Waals surface area contributed by atoms with Gasteiger partial charge in [-0.2, -0.15) is 0 Å². The molecular formula is C10H12Cl2O3. The lowest BCUT2D eigenvalue weighted by atomic mass is 10.1. The number of esters is 1. The molecule has 1 aliphatic carbocycles. The first-order valence-corrected chi connectivity index (χ1v) is 5.23. The van der Waals surface area contributed by atoms with Crippen LogP contribution >= 0.6 is 23.2 Å². The molecule has 1 aliphatic rings. The molecule has 0 saturated heterocycles. The fraction of sp³-hybridized carbons (Fsp3) is 0.600. The smallest absolute Gasteiger partial charge is 0.349 e. The van der Waals surface area contributed by atoms with Gasteiger partial charge in [-0.25, -0.2) is 4.79 Å². The van der Waals surface area contributed by atoms with E-state index in [1.54, 1.807) is 6.08 Å². The number of ether oxygens (including phenoxy) is 1. The van der Waals surface area contributed by atoms with Crippen LogP contribution in [0.25, 0.3) is 0 Å². The molecule has 5 heteroatoms. The van der Waals surface area contributed by atoms with Crippen molar-refractivity contribution in [2.75, 3.05) is 7.11 Å². The van der Waals surface area contributed by atoms with Gasteiger partial charge in [0.1, 0.15) is 5.03 Å². The van der Waals surface area contributed by atoms with Crippen molar-refractivity contribution < 1.29 is 14.3 Å². The summed E-state index contributed by atoms with van der Waals surface area (Å²) >= 11 is 11.1. The number of carbonyl (C=O) groups is 2. The third kappa shape index (κ3) is 2.34. The summed E-state index contributed by atoms with van der Waals surface area (Å²) in [4.78, 5) is 22.1. The molecule has 0 unspecified atom stereocenters. The van der Waals surface area contributed by atoms with E-state index in [1.165, 1.54) is 7.11 Å². The van der Waals surface area contributed by atoms with E-state index in [0.717, 1.165) is 0 Å². The Kier molecular flexibility index (Phi) is 3.46. The summed E-state index contributed by atoms with van der Waals surface area (Å²) in [6.45, 7) is 3.81. The highest BCUT2D eigenvalue weighted by Crippen LogP contribution is 2.60. The van der Waals surface area contributed by atoms with Crippen molar-refractivity contribution in [1.82, 2.24) is 0 Å². The summed E-state index contributed by atoms with van der Waals surface area (Å²) in [5.74, 6) is -0.952. The molecule has 0 spiro atoms. The highest BCUT2D eigenvalue weighted by atomic mass is 35.5. The number of hydrogen-bond acceptors (Lipinski definition) is 3. The van der Waals surface area contributed by atoms with Crippen molar-refractivity contribution in [3.8, 4) is 0 Å². The van der Waals surface area contributed by atoms with Gasteiger partial charge in [-0.1, -0.05) is 31.5 Å². The minimum absolute atomic E-state index is 0.00371. The minimum atomic E-state index is -0.597. The van der Waals surface area contributed by atoms with Crippen LogP contribution in [0, 0.1) is 17.3 Å². The molecule has 0 bridgehead atoms. The predicted octanol–water partition coefficient (Wildman–Crippen LogP) is 2.32. The molecule has 2 atom stereocenters. The van der Waals surface area contributed by atoms with Crippen LogP contribution in [0.4, 0.5) is 0 Å². The first kappa shape index (κ1) is 12.5. The fourth-order valence-electron chi connectivity index (χ4n) is 1.75. The van der Waals surface area contributed by atoms with Crippen LogP contribution in [0.15, 0.2) is 11.1 Å². The van der Waals surface area contributed by atoms with E-state index >= 15 is 0 Å².